The second-order valence-electron chi connectivity index (χ2n) is 12.2. The zero-order valence-corrected chi connectivity index (χ0v) is 28.3. The van der Waals surface area contributed by atoms with Gasteiger partial charge < -0.3 is 10.2 Å². The molecule has 6 aromatic rings. The fraction of sp³-hybridized carbons (Fsp3) is 0.0667. The van der Waals surface area contributed by atoms with Crippen molar-refractivity contribution in [3.8, 4) is 45.9 Å². The molecule has 2 N–H and O–H groups in total. The summed E-state index contributed by atoms with van der Waals surface area (Å²) in [5, 5.41) is 20.2. The highest BCUT2D eigenvalue weighted by Gasteiger charge is 2.74. The van der Waals surface area contributed by atoms with Gasteiger partial charge in [-0.05, 0) is 69.8 Å². The van der Waals surface area contributed by atoms with Gasteiger partial charge in [0, 0.05) is 22.3 Å². The topological polar surface area (TPSA) is 74.6 Å². The first kappa shape index (κ1) is 37.7. The fourth-order valence-electron chi connectivity index (χ4n) is 6.36. The van der Waals surface area contributed by atoms with Crippen molar-refractivity contribution < 1.29 is 46.1 Å². The molecule has 0 aliphatic carbocycles. The first-order valence-corrected chi connectivity index (χ1v) is 16.4. The van der Waals surface area contributed by atoms with E-state index in [1.54, 1.807) is 97.1 Å². The van der Waals surface area contributed by atoms with Crippen molar-refractivity contribution in [2.45, 2.75) is 17.8 Å². The summed E-state index contributed by atoms with van der Waals surface area (Å²) in [6.45, 7) is 0. The second-order valence-corrected chi connectivity index (χ2v) is 12.2. The lowest BCUT2D eigenvalue weighted by Gasteiger charge is -2.39. The predicted octanol–water partition coefficient (Wildman–Crippen LogP) is 10.6. The Bertz CT molecular complexity index is 2360. The molecule has 6 aromatic carbocycles. The van der Waals surface area contributed by atoms with Crippen molar-refractivity contribution in [3.05, 3.63) is 190 Å². The molecule has 0 heterocycles. The summed E-state index contributed by atoms with van der Waals surface area (Å²) in [5.41, 5.74) is -8.98. The predicted molar refractivity (Wildman–Crippen MR) is 195 cm³/mol. The molecule has 0 radical (unpaired) electrons. The number of halogens is 6. The molecular weight excluding hydrogens is 718 g/mol. The lowest BCUT2D eigenvalue weighted by atomic mass is 9.68. The van der Waals surface area contributed by atoms with Crippen molar-refractivity contribution in [2.24, 2.45) is 0 Å². The minimum Gasteiger partial charge on any atom is -0.478 e. The summed E-state index contributed by atoms with van der Waals surface area (Å²) < 4.78 is 94.6. The van der Waals surface area contributed by atoms with Gasteiger partial charge in [0.25, 0.3) is 0 Å². The highest BCUT2D eigenvalue weighted by atomic mass is 19.4. The summed E-state index contributed by atoms with van der Waals surface area (Å²) in [5.74, 6) is 6.14. The largest absolute Gasteiger partial charge is 0.478 e. The van der Waals surface area contributed by atoms with Crippen LogP contribution >= 0.6 is 0 Å². The molecule has 0 spiro atoms. The van der Waals surface area contributed by atoms with Crippen LogP contribution in [0.4, 0.5) is 26.3 Å². The summed E-state index contributed by atoms with van der Waals surface area (Å²) >= 11 is 0. The molecule has 55 heavy (non-hydrogen) atoms. The summed E-state index contributed by atoms with van der Waals surface area (Å²) in [4.78, 5) is 24.9. The molecule has 0 atom stereocenters. The standard InChI is InChI=1S/C45H26F6O4/c46-44(47,48)43(45(49,50)51,39-21-9-19-37(41(52)53)35(39)25-23-29-11-7-17-33(27-29)31-13-3-1-4-14-31)40-22-10-20-38(42(54)55)36(40)26-24-30-12-8-18-34(28-30)32-15-5-2-6-16-32/h1-22,27-28H,(H,52,53)(H,54,55). The van der Waals surface area contributed by atoms with Crippen molar-refractivity contribution in [3.63, 3.8) is 0 Å². The van der Waals surface area contributed by atoms with Crippen LogP contribution in [-0.2, 0) is 5.41 Å². The Morgan fingerprint density at radius 1 is 0.418 bits per heavy atom. The third-order valence-electron chi connectivity index (χ3n) is 8.85. The lowest BCUT2D eigenvalue weighted by molar-refractivity contribution is -0.288. The molecule has 6 rings (SSSR count). The number of aromatic carboxylic acids is 2. The van der Waals surface area contributed by atoms with Crippen LogP contribution in [0.3, 0.4) is 0 Å². The Morgan fingerprint density at radius 3 is 1.11 bits per heavy atom. The Balaban J connectivity index is 1.64. The van der Waals surface area contributed by atoms with Gasteiger partial charge in [0.2, 0.25) is 5.41 Å². The lowest BCUT2D eigenvalue weighted by Crippen LogP contribution is -2.55. The van der Waals surface area contributed by atoms with Crippen LogP contribution in [0.1, 0.15) is 54.1 Å². The first-order valence-electron chi connectivity index (χ1n) is 16.4. The van der Waals surface area contributed by atoms with E-state index in [9.17, 15) is 19.8 Å². The van der Waals surface area contributed by atoms with Crippen molar-refractivity contribution in [1.82, 2.24) is 0 Å². The molecule has 10 heteroatoms. The Kier molecular flexibility index (Phi) is 10.4. The molecule has 4 nitrogen and oxygen atoms in total. The molecule has 0 aliphatic rings. The van der Waals surface area contributed by atoms with E-state index < -0.39 is 63.1 Å². The van der Waals surface area contributed by atoms with Crippen molar-refractivity contribution in [1.29, 1.82) is 0 Å². The van der Waals surface area contributed by atoms with Gasteiger partial charge in [-0.2, -0.15) is 26.3 Å². The molecule has 0 saturated heterocycles. The summed E-state index contributed by atoms with van der Waals surface area (Å²) in [7, 11) is 0. The molecule has 0 aromatic heterocycles. The number of alkyl halides is 6. The van der Waals surface area contributed by atoms with Crippen molar-refractivity contribution in [2.75, 3.05) is 0 Å². The molecular formula is C45H26F6O4. The second kappa shape index (κ2) is 15.1. The van der Waals surface area contributed by atoms with Gasteiger partial charge in [-0.3, -0.25) is 0 Å². The van der Waals surface area contributed by atoms with E-state index in [1.807, 2.05) is 0 Å². The van der Waals surface area contributed by atoms with E-state index in [0.717, 1.165) is 35.4 Å². The molecule has 0 bridgehead atoms. The monoisotopic (exact) mass is 744 g/mol. The SMILES string of the molecule is O=C(O)c1cccc(C(c2cccc(C(=O)O)c2C#Cc2cccc(-c3ccccc3)c2)(C(F)(F)F)C(F)(F)F)c1C#Cc1cccc(-c2ccccc2)c1. The zero-order valence-electron chi connectivity index (χ0n) is 28.3. The maximum absolute atomic E-state index is 15.8. The molecule has 0 amide bonds. The number of hydrogen-bond acceptors (Lipinski definition) is 2. The Morgan fingerprint density at radius 2 is 0.764 bits per heavy atom. The molecule has 0 fully saturated rings. The number of hydrogen-bond donors (Lipinski definition) is 2. The fourth-order valence-corrected chi connectivity index (χ4v) is 6.36. The summed E-state index contributed by atoms with van der Waals surface area (Å²) in [6, 6.07) is 34.7. The molecule has 0 unspecified atom stereocenters. The highest BCUT2D eigenvalue weighted by Crippen LogP contribution is 2.58. The zero-order chi connectivity index (χ0) is 39.4. The highest BCUT2D eigenvalue weighted by molar-refractivity contribution is 5.93. The van der Waals surface area contributed by atoms with E-state index in [1.165, 1.54) is 12.1 Å². The van der Waals surface area contributed by atoms with Gasteiger partial charge >= 0.3 is 24.3 Å². The van der Waals surface area contributed by atoms with Crippen LogP contribution in [0.15, 0.2) is 146 Å². The van der Waals surface area contributed by atoms with Crippen LogP contribution in [0.5, 0.6) is 0 Å². The average Bonchev–Trinajstić information content (AvgIpc) is 3.16. The smallest absolute Gasteiger partial charge is 0.411 e. The number of rotatable bonds is 6. The van der Waals surface area contributed by atoms with Gasteiger partial charge in [-0.25, -0.2) is 9.59 Å². The van der Waals surface area contributed by atoms with Gasteiger partial charge in [-0.15, -0.1) is 0 Å². The molecule has 0 aliphatic heterocycles. The van der Waals surface area contributed by atoms with Crippen LogP contribution in [0, 0.1) is 23.7 Å². The third-order valence-corrected chi connectivity index (χ3v) is 8.85. The summed E-state index contributed by atoms with van der Waals surface area (Å²) in [6.07, 6.45) is -12.5. The Labute approximate surface area is 311 Å². The normalized spacial score (nSPS) is 11.5. The van der Waals surface area contributed by atoms with E-state index in [4.69, 9.17) is 0 Å². The third kappa shape index (κ3) is 7.44. The molecule has 0 saturated carbocycles. The van der Waals surface area contributed by atoms with Crippen LogP contribution < -0.4 is 0 Å². The number of carbonyl (C=O) groups is 2. The van der Waals surface area contributed by atoms with Gasteiger partial charge in [-0.1, -0.05) is 133 Å². The van der Waals surface area contributed by atoms with E-state index in [0.29, 0.717) is 23.3 Å². The van der Waals surface area contributed by atoms with Gasteiger partial charge in [0.05, 0.1) is 11.1 Å². The first-order chi connectivity index (χ1) is 26.2. The quantitative estimate of drug-likeness (QED) is 0.132. The number of benzene rings is 6. The van der Waals surface area contributed by atoms with Gasteiger partial charge in [0.1, 0.15) is 0 Å². The van der Waals surface area contributed by atoms with Crippen molar-refractivity contribution >= 4 is 11.9 Å². The maximum Gasteiger partial charge on any atom is 0.411 e. The minimum atomic E-state index is -6.24. The maximum atomic E-state index is 15.8. The van der Waals surface area contributed by atoms with E-state index in [-0.39, 0.29) is 11.1 Å². The van der Waals surface area contributed by atoms with E-state index in [2.05, 4.69) is 23.7 Å². The van der Waals surface area contributed by atoms with Crippen LogP contribution in [0.25, 0.3) is 22.3 Å². The Hall–Kier alpha value is -7.04. The van der Waals surface area contributed by atoms with Gasteiger partial charge in [0.15, 0.2) is 0 Å². The average molecular weight is 745 g/mol. The van der Waals surface area contributed by atoms with Crippen LogP contribution in [0.2, 0.25) is 0 Å². The molecule has 272 valence electrons. The minimum absolute atomic E-state index is 0.175. The number of carboxylic acid groups (broad SMARTS) is 2. The van der Waals surface area contributed by atoms with Crippen LogP contribution in [-0.4, -0.2) is 34.5 Å². The number of carboxylic acids is 2. The van der Waals surface area contributed by atoms with E-state index >= 15 is 26.3 Å².